The average Bonchev–Trinajstić information content (AvgIpc) is 3.08. The molecule has 2 heteroatoms. The Morgan fingerprint density at radius 3 is 2.79 bits per heavy atom. The van der Waals surface area contributed by atoms with Gasteiger partial charge in [0.2, 0.25) is 0 Å². The molecular formula is C17H25NO. The van der Waals surface area contributed by atoms with Crippen LogP contribution >= 0.6 is 0 Å². The Morgan fingerprint density at radius 2 is 1.89 bits per heavy atom. The van der Waals surface area contributed by atoms with E-state index in [1.807, 2.05) is 0 Å². The van der Waals surface area contributed by atoms with Crippen molar-refractivity contribution in [2.75, 3.05) is 13.2 Å². The van der Waals surface area contributed by atoms with Crippen LogP contribution in [-0.2, 0) is 24.1 Å². The molecule has 0 radical (unpaired) electrons. The van der Waals surface area contributed by atoms with Crippen molar-refractivity contribution in [2.24, 2.45) is 0 Å². The van der Waals surface area contributed by atoms with E-state index in [1.165, 1.54) is 50.5 Å². The van der Waals surface area contributed by atoms with E-state index < -0.39 is 0 Å². The van der Waals surface area contributed by atoms with Gasteiger partial charge in [-0.2, -0.15) is 0 Å². The molecule has 1 fully saturated rings. The number of benzene rings is 1. The van der Waals surface area contributed by atoms with Gasteiger partial charge in [-0.05, 0) is 48.8 Å². The molecule has 0 unspecified atom stereocenters. The zero-order valence-electron chi connectivity index (χ0n) is 11.8. The first-order valence-electron chi connectivity index (χ1n) is 7.85. The fraction of sp³-hybridized carbons (Fsp3) is 0.647. The van der Waals surface area contributed by atoms with Crippen molar-refractivity contribution in [1.82, 2.24) is 5.32 Å². The Morgan fingerprint density at radius 1 is 1.05 bits per heavy atom. The van der Waals surface area contributed by atoms with Gasteiger partial charge in [0, 0.05) is 13.1 Å². The standard InChI is InChI=1S/C17H25NO/c1-2-7-17(6-1)19-11-10-18-13-14-8-9-15-4-3-5-16(15)12-14/h8-9,12,17-18H,1-7,10-11,13H2. The highest BCUT2D eigenvalue weighted by molar-refractivity contribution is 5.35. The second-order valence-corrected chi connectivity index (χ2v) is 5.91. The lowest BCUT2D eigenvalue weighted by molar-refractivity contribution is 0.0603. The van der Waals surface area contributed by atoms with Gasteiger partial charge in [-0.3, -0.25) is 0 Å². The van der Waals surface area contributed by atoms with Crippen LogP contribution in [0.25, 0.3) is 0 Å². The highest BCUT2D eigenvalue weighted by Crippen LogP contribution is 2.23. The minimum Gasteiger partial charge on any atom is -0.377 e. The van der Waals surface area contributed by atoms with Crippen LogP contribution in [0, 0.1) is 0 Å². The zero-order valence-corrected chi connectivity index (χ0v) is 11.8. The summed E-state index contributed by atoms with van der Waals surface area (Å²) < 4.78 is 5.85. The van der Waals surface area contributed by atoms with Crippen LogP contribution in [0.2, 0.25) is 0 Å². The predicted molar refractivity (Wildman–Crippen MR) is 78.4 cm³/mol. The molecule has 1 saturated carbocycles. The number of hydrogen-bond acceptors (Lipinski definition) is 2. The Hall–Kier alpha value is -0.860. The third-order valence-electron chi connectivity index (χ3n) is 4.43. The van der Waals surface area contributed by atoms with E-state index in [0.717, 1.165) is 19.7 Å². The highest BCUT2D eigenvalue weighted by atomic mass is 16.5. The van der Waals surface area contributed by atoms with Crippen molar-refractivity contribution in [3.8, 4) is 0 Å². The van der Waals surface area contributed by atoms with Crippen LogP contribution in [0.3, 0.4) is 0 Å². The quantitative estimate of drug-likeness (QED) is 0.792. The maximum Gasteiger partial charge on any atom is 0.0594 e. The van der Waals surface area contributed by atoms with Crippen molar-refractivity contribution in [3.63, 3.8) is 0 Å². The molecule has 104 valence electrons. The van der Waals surface area contributed by atoms with Gasteiger partial charge < -0.3 is 10.1 Å². The first kappa shape index (κ1) is 13.1. The van der Waals surface area contributed by atoms with E-state index in [2.05, 4.69) is 23.5 Å². The highest BCUT2D eigenvalue weighted by Gasteiger charge is 2.14. The minimum absolute atomic E-state index is 0.543. The molecule has 0 bridgehead atoms. The summed E-state index contributed by atoms with van der Waals surface area (Å²) in [5.74, 6) is 0. The number of rotatable bonds is 6. The van der Waals surface area contributed by atoms with Crippen molar-refractivity contribution in [1.29, 1.82) is 0 Å². The lowest BCUT2D eigenvalue weighted by Crippen LogP contribution is -2.21. The maximum atomic E-state index is 5.85. The second kappa shape index (κ2) is 6.53. The smallest absolute Gasteiger partial charge is 0.0594 e. The van der Waals surface area contributed by atoms with E-state index in [1.54, 1.807) is 11.1 Å². The van der Waals surface area contributed by atoms with Gasteiger partial charge in [0.15, 0.2) is 0 Å². The van der Waals surface area contributed by atoms with E-state index in [9.17, 15) is 0 Å². The number of hydrogen-bond donors (Lipinski definition) is 1. The van der Waals surface area contributed by atoms with Gasteiger partial charge in [0.05, 0.1) is 12.7 Å². The number of ether oxygens (including phenoxy) is 1. The van der Waals surface area contributed by atoms with Crippen LogP contribution in [0.4, 0.5) is 0 Å². The molecule has 0 atom stereocenters. The van der Waals surface area contributed by atoms with Crippen LogP contribution in [-0.4, -0.2) is 19.3 Å². The van der Waals surface area contributed by atoms with Crippen LogP contribution in [0.1, 0.15) is 48.8 Å². The van der Waals surface area contributed by atoms with Gasteiger partial charge in [-0.15, -0.1) is 0 Å². The molecule has 0 saturated heterocycles. The van der Waals surface area contributed by atoms with Gasteiger partial charge >= 0.3 is 0 Å². The minimum atomic E-state index is 0.543. The molecule has 0 aliphatic heterocycles. The van der Waals surface area contributed by atoms with E-state index >= 15 is 0 Å². The molecule has 19 heavy (non-hydrogen) atoms. The average molecular weight is 259 g/mol. The van der Waals surface area contributed by atoms with Crippen LogP contribution in [0.15, 0.2) is 18.2 Å². The fourth-order valence-electron chi connectivity index (χ4n) is 3.32. The molecule has 0 heterocycles. The number of aryl methyl sites for hydroxylation is 2. The normalized spacial score (nSPS) is 18.9. The summed E-state index contributed by atoms with van der Waals surface area (Å²) in [6.07, 6.45) is 9.67. The zero-order chi connectivity index (χ0) is 12.9. The SMILES string of the molecule is c1cc2c(cc1CNCCOC1CCCC1)CCC2. The molecule has 2 aliphatic rings. The third-order valence-corrected chi connectivity index (χ3v) is 4.43. The van der Waals surface area contributed by atoms with Crippen LogP contribution < -0.4 is 5.32 Å². The topological polar surface area (TPSA) is 21.3 Å². The van der Waals surface area contributed by atoms with Crippen molar-refractivity contribution < 1.29 is 4.74 Å². The molecule has 0 spiro atoms. The maximum absolute atomic E-state index is 5.85. The summed E-state index contributed by atoms with van der Waals surface area (Å²) in [6.45, 7) is 2.80. The van der Waals surface area contributed by atoms with Gasteiger partial charge in [0.1, 0.15) is 0 Å². The molecule has 1 N–H and O–H groups in total. The molecule has 1 aromatic rings. The Kier molecular flexibility index (Phi) is 4.52. The Balaban J connectivity index is 1.35. The third kappa shape index (κ3) is 3.58. The number of nitrogens with one attached hydrogen (secondary N) is 1. The summed E-state index contributed by atoms with van der Waals surface area (Å²) in [6, 6.07) is 6.97. The Bertz CT molecular complexity index is 410. The van der Waals surface area contributed by atoms with Crippen molar-refractivity contribution in [3.05, 3.63) is 34.9 Å². The molecule has 3 rings (SSSR count). The number of fused-ring (bicyclic) bond motifs is 1. The van der Waals surface area contributed by atoms with E-state index in [-0.39, 0.29) is 0 Å². The monoisotopic (exact) mass is 259 g/mol. The molecule has 1 aromatic carbocycles. The Labute approximate surface area is 116 Å². The first-order valence-corrected chi connectivity index (χ1v) is 7.85. The second-order valence-electron chi connectivity index (χ2n) is 5.91. The van der Waals surface area contributed by atoms with E-state index in [4.69, 9.17) is 4.74 Å². The fourth-order valence-corrected chi connectivity index (χ4v) is 3.32. The molecule has 0 amide bonds. The molecule has 2 nitrogen and oxygen atoms in total. The lowest BCUT2D eigenvalue weighted by atomic mass is 10.1. The van der Waals surface area contributed by atoms with Gasteiger partial charge in [-0.25, -0.2) is 0 Å². The van der Waals surface area contributed by atoms with Crippen molar-refractivity contribution >= 4 is 0 Å². The summed E-state index contributed by atoms with van der Waals surface area (Å²) in [5.41, 5.74) is 4.55. The predicted octanol–water partition coefficient (Wildman–Crippen LogP) is 3.22. The molecular weight excluding hydrogens is 234 g/mol. The molecule has 2 aliphatic carbocycles. The summed E-state index contributed by atoms with van der Waals surface area (Å²) in [4.78, 5) is 0. The van der Waals surface area contributed by atoms with Crippen LogP contribution in [0.5, 0.6) is 0 Å². The lowest BCUT2D eigenvalue weighted by Gasteiger charge is -2.11. The first-order chi connectivity index (χ1) is 9.42. The summed E-state index contributed by atoms with van der Waals surface area (Å²) in [5, 5.41) is 3.49. The van der Waals surface area contributed by atoms with Crippen molar-refractivity contribution in [2.45, 2.75) is 57.6 Å². The summed E-state index contributed by atoms with van der Waals surface area (Å²) in [7, 11) is 0. The van der Waals surface area contributed by atoms with E-state index in [0.29, 0.717) is 6.10 Å². The molecule has 0 aromatic heterocycles. The van der Waals surface area contributed by atoms with Gasteiger partial charge in [0.25, 0.3) is 0 Å². The largest absolute Gasteiger partial charge is 0.377 e. The van der Waals surface area contributed by atoms with Gasteiger partial charge in [-0.1, -0.05) is 31.0 Å². The summed E-state index contributed by atoms with van der Waals surface area (Å²) >= 11 is 0.